The molecule has 0 radical (unpaired) electrons. The molecule has 0 bridgehead atoms. The molecule has 2 N–H and O–H groups in total. The van der Waals surface area contributed by atoms with Crippen LogP contribution in [0.15, 0.2) is 35.6 Å². The Balaban J connectivity index is 1.75. The molecule has 1 aromatic rings. The highest BCUT2D eigenvalue weighted by atomic mass is 19.1. The second-order valence-corrected chi connectivity index (χ2v) is 5.21. The van der Waals surface area contributed by atoms with Crippen molar-refractivity contribution in [3.63, 3.8) is 0 Å². The topological polar surface area (TPSA) is 49.3 Å². The Labute approximate surface area is 116 Å². The zero-order valence-corrected chi connectivity index (χ0v) is 10.9. The minimum absolute atomic E-state index is 0.289. The van der Waals surface area contributed by atoms with Gasteiger partial charge in [0.15, 0.2) is 5.96 Å². The summed E-state index contributed by atoms with van der Waals surface area (Å²) >= 11 is 0. The van der Waals surface area contributed by atoms with Gasteiger partial charge in [-0.3, -0.25) is 4.98 Å². The second-order valence-electron chi connectivity index (χ2n) is 5.21. The molecule has 20 heavy (non-hydrogen) atoms. The van der Waals surface area contributed by atoms with Gasteiger partial charge in [-0.05, 0) is 31.1 Å². The van der Waals surface area contributed by atoms with E-state index in [1.165, 1.54) is 6.07 Å². The molecule has 0 atom stereocenters. The van der Waals surface area contributed by atoms with Crippen molar-refractivity contribution in [3.05, 3.63) is 42.1 Å². The van der Waals surface area contributed by atoms with Crippen molar-refractivity contribution < 1.29 is 8.78 Å². The van der Waals surface area contributed by atoms with E-state index < -0.39 is 11.6 Å². The van der Waals surface area contributed by atoms with E-state index in [0.717, 1.165) is 0 Å². The summed E-state index contributed by atoms with van der Waals surface area (Å²) in [6.45, 7) is 1.02. The third-order valence-corrected chi connectivity index (χ3v) is 3.77. The molecular formula is C14H16F2N4. The van der Waals surface area contributed by atoms with Crippen LogP contribution in [0.2, 0.25) is 0 Å². The maximum absolute atomic E-state index is 13.9. The number of hydrogen-bond acceptors (Lipinski definition) is 4. The summed E-state index contributed by atoms with van der Waals surface area (Å²) in [6, 6.07) is 2.91. The number of nitrogens with zero attached hydrogens (tertiary/aromatic N) is 2. The van der Waals surface area contributed by atoms with Crippen molar-refractivity contribution in [3.8, 4) is 0 Å². The maximum Gasteiger partial charge on any atom is 0.195 e. The van der Waals surface area contributed by atoms with Crippen molar-refractivity contribution in [1.82, 2.24) is 15.6 Å². The molecular weight excluding hydrogens is 262 g/mol. The molecule has 1 saturated carbocycles. The first-order valence-corrected chi connectivity index (χ1v) is 6.65. The standard InChI is InChI=1S/C14H16F2N4/c15-10-7-14(8-10,12-11(16)3-1-4-17-12)9-20-13-18-5-2-6-19-13/h1-5,10H,6-9H2,(H2,18,19,20). The van der Waals surface area contributed by atoms with E-state index in [1.54, 1.807) is 18.5 Å². The number of guanidine groups is 1. The normalized spacial score (nSPS) is 28.3. The van der Waals surface area contributed by atoms with Gasteiger partial charge in [0, 0.05) is 24.4 Å². The van der Waals surface area contributed by atoms with Gasteiger partial charge in [0.25, 0.3) is 0 Å². The van der Waals surface area contributed by atoms with Crippen LogP contribution in [-0.2, 0) is 5.41 Å². The Bertz CT molecular complexity index is 550. The third kappa shape index (κ3) is 2.37. The minimum atomic E-state index is -0.889. The van der Waals surface area contributed by atoms with E-state index in [4.69, 9.17) is 0 Å². The van der Waals surface area contributed by atoms with Gasteiger partial charge in [0.05, 0.1) is 12.2 Å². The molecule has 0 aromatic carbocycles. The number of aromatic nitrogens is 1. The number of pyridine rings is 1. The van der Waals surface area contributed by atoms with Crippen LogP contribution >= 0.6 is 0 Å². The van der Waals surface area contributed by atoms with E-state index >= 15 is 0 Å². The lowest BCUT2D eigenvalue weighted by Crippen LogP contribution is -2.53. The fraction of sp³-hybridized carbons (Fsp3) is 0.429. The molecule has 0 spiro atoms. The molecule has 0 unspecified atom stereocenters. The Morgan fingerprint density at radius 1 is 1.45 bits per heavy atom. The van der Waals surface area contributed by atoms with E-state index in [2.05, 4.69) is 20.6 Å². The molecule has 0 saturated heterocycles. The second kappa shape index (κ2) is 5.19. The van der Waals surface area contributed by atoms with Gasteiger partial charge in [-0.25, -0.2) is 13.8 Å². The molecule has 106 valence electrons. The van der Waals surface area contributed by atoms with Gasteiger partial charge in [-0.2, -0.15) is 0 Å². The van der Waals surface area contributed by atoms with Gasteiger partial charge < -0.3 is 10.6 Å². The fourth-order valence-corrected chi connectivity index (χ4v) is 2.73. The van der Waals surface area contributed by atoms with Crippen LogP contribution in [0.4, 0.5) is 8.78 Å². The average Bonchev–Trinajstić information content (AvgIpc) is 2.44. The van der Waals surface area contributed by atoms with Gasteiger partial charge >= 0.3 is 0 Å². The summed E-state index contributed by atoms with van der Waals surface area (Å²) < 4.78 is 27.3. The van der Waals surface area contributed by atoms with Crippen molar-refractivity contribution >= 4 is 5.96 Å². The Morgan fingerprint density at radius 2 is 2.30 bits per heavy atom. The van der Waals surface area contributed by atoms with Crippen molar-refractivity contribution in [1.29, 1.82) is 0 Å². The SMILES string of the molecule is Fc1cccnc1C1(CNC2=NCC=CN2)CC(F)C1. The van der Waals surface area contributed by atoms with Crippen LogP contribution in [0.1, 0.15) is 18.5 Å². The predicted octanol–water partition coefficient (Wildman–Crippen LogP) is 1.65. The minimum Gasteiger partial charge on any atom is -0.355 e. The molecule has 6 heteroatoms. The summed E-state index contributed by atoms with van der Waals surface area (Å²) in [5, 5.41) is 6.09. The van der Waals surface area contributed by atoms with E-state index in [0.29, 0.717) is 24.7 Å². The summed E-state index contributed by atoms with van der Waals surface area (Å²) in [4.78, 5) is 8.34. The largest absolute Gasteiger partial charge is 0.355 e. The third-order valence-electron chi connectivity index (χ3n) is 3.77. The molecule has 0 amide bonds. The highest BCUT2D eigenvalue weighted by Gasteiger charge is 2.48. The number of rotatable bonds is 3. The molecule has 1 aliphatic carbocycles. The molecule has 4 nitrogen and oxygen atoms in total. The summed E-state index contributed by atoms with van der Waals surface area (Å²) in [5.41, 5.74) is -0.246. The summed E-state index contributed by atoms with van der Waals surface area (Å²) in [5.74, 6) is 0.255. The molecule has 1 aromatic heterocycles. The molecule has 2 heterocycles. The van der Waals surface area contributed by atoms with Crippen molar-refractivity contribution in [2.45, 2.75) is 24.4 Å². The van der Waals surface area contributed by atoms with E-state index in [9.17, 15) is 8.78 Å². The monoisotopic (exact) mass is 278 g/mol. The van der Waals surface area contributed by atoms with Crippen LogP contribution in [0.25, 0.3) is 0 Å². The highest BCUT2D eigenvalue weighted by molar-refractivity contribution is 5.81. The van der Waals surface area contributed by atoms with Gasteiger partial charge in [-0.15, -0.1) is 0 Å². The van der Waals surface area contributed by atoms with E-state index in [1.807, 2.05) is 6.08 Å². The molecule has 3 rings (SSSR count). The van der Waals surface area contributed by atoms with Crippen LogP contribution in [-0.4, -0.2) is 30.2 Å². The smallest absolute Gasteiger partial charge is 0.195 e. The lowest BCUT2D eigenvalue weighted by Gasteiger charge is -2.44. The van der Waals surface area contributed by atoms with Crippen LogP contribution in [0.5, 0.6) is 0 Å². The predicted molar refractivity (Wildman–Crippen MR) is 72.6 cm³/mol. The number of halogens is 2. The van der Waals surface area contributed by atoms with E-state index in [-0.39, 0.29) is 18.7 Å². The summed E-state index contributed by atoms with van der Waals surface area (Å²) in [7, 11) is 0. The van der Waals surface area contributed by atoms with Gasteiger partial charge in [0.2, 0.25) is 0 Å². The number of aliphatic imine (C=N–C) groups is 1. The quantitative estimate of drug-likeness (QED) is 0.884. The zero-order valence-electron chi connectivity index (χ0n) is 10.9. The first-order chi connectivity index (χ1) is 9.70. The molecule has 1 aliphatic heterocycles. The Kier molecular flexibility index (Phi) is 3.38. The number of nitrogens with one attached hydrogen (secondary N) is 2. The van der Waals surface area contributed by atoms with Gasteiger partial charge in [-0.1, -0.05) is 0 Å². The van der Waals surface area contributed by atoms with Crippen LogP contribution in [0.3, 0.4) is 0 Å². The average molecular weight is 278 g/mol. The zero-order chi connectivity index (χ0) is 14.0. The van der Waals surface area contributed by atoms with Gasteiger partial charge in [0.1, 0.15) is 12.0 Å². The lowest BCUT2D eigenvalue weighted by molar-refractivity contribution is 0.0894. The number of alkyl halides is 1. The lowest BCUT2D eigenvalue weighted by atomic mass is 9.65. The molecule has 2 aliphatic rings. The van der Waals surface area contributed by atoms with Crippen LogP contribution in [0, 0.1) is 5.82 Å². The maximum atomic E-state index is 13.9. The molecule has 1 fully saturated rings. The van der Waals surface area contributed by atoms with Crippen molar-refractivity contribution in [2.75, 3.05) is 13.1 Å². The summed E-state index contributed by atoms with van der Waals surface area (Å²) in [6.07, 6.45) is 4.92. The van der Waals surface area contributed by atoms with Crippen molar-refractivity contribution in [2.24, 2.45) is 4.99 Å². The Morgan fingerprint density at radius 3 is 2.95 bits per heavy atom. The number of hydrogen-bond donors (Lipinski definition) is 2. The fourth-order valence-electron chi connectivity index (χ4n) is 2.73. The first kappa shape index (κ1) is 13.0. The highest BCUT2D eigenvalue weighted by Crippen LogP contribution is 2.45. The Hall–Kier alpha value is -1.98. The van der Waals surface area contributed by atoms with Crippen LogP contribution < -0.4 is 10.6 Å². The first-order valence-electron chi connectivity index (χ1n) is 6.65.